The summed E-state index contributed by atoms with van der Waals surface area (Å²) in [5, 5.41) is 11.8. The Labute approximate surface area is 143 Å². The Hall–Kier alpha value is -2.35. The maximum absolute atomic E-state index is 11.8. The molecule has 1 aromatic heterocycles. The van der Waals surface area contributed by atoms with Gasteiger partial charge in [-0.2, -0.15) is 9.97 Å². The summed E-state index contributed by atoms with van der Waals surface area (Å²) in [6.07, 6.45) is 0. The Balaban J connectivity index is 2.44. The first-order chi connectivity index (χ1) is 11.0. The molecular weight excluding hydrogens is 360 g/mol. The van der Waals surface area contributed by atoms with Crippen molar-refractivity contribution >= 4 is 45.1 Å². The fraction of sp³-hybridized carbons (Fsp3) is 0.267. The van der Waals surface area contributed by atoms with Crippen LogP contribution in [0.15, 0.2) is 22.7 Å². The zero-order chi connectivity index (χ0) is 17.0. The lowest BCUT2D eigenvalue weighted by Gasteiger charge is -2.14. The van der Waals surface area contributed by atoms with Gasteiger partial charge in [-0.05, 0) is 40.5 Å². The lowest BCUT2D eigenvalue weighted by molar-refractivity contribution is 0.0963. The summed E-state index contributed by atoms with van der Waals surface area (Å²) in [6.45, 7) is 1.96. The van der Waals surface area contributed by atoms with Gasteiger partial charge in [0, 0.05) is 32.4 Å². The van der Waals surface area contributed by atoms with Crippen molar-refractivity contribution in [1.82, 2.24) is 15.3 Å². The van der Waals surface area contributed by atoms with E-state index in [1.165, 1.54) is 0 Å². The molecule has 1 amide bonds. The molecule has 0 aliphatic heterocycles. The van der Waals surface area contributed by atoms with E-state index in [9.17, 15) is 4.79 Å². The van der Waals surface area contributed by atoms with Gasteiger partial charge in [-0.3, -0.25) is 4.79 Å². The molecule has 0 bridgehead atoms. The second-order valence-electron chi connectivity index (χ2n) is 4.79. The number of nitrogens with zero attached hydrogens (tertiary/aromatic N) is 2. The summed E-state index contributed by atoms with van der Waals surface area (Å²) >= 11 is 3.49. The Morgan fingerprint density at radius 2 is 1.78 bits per heavy atom. The maximum Gasteiger partial charge on any atom is 0.251 e. The third-order valence-electron chi connectivity index (χ3n) is 3.29. The summed E-state index contributed by atoms with van der Waals surface area (Å²) in [7, 11) is 5.15. The predicted octanol–water partition coefficient (Wildman–Crippen LogP) is 2.73. The molecule has 1 aromatic carbocycles. The van der Waals surface area contributed by atoms with Crippen LogP contribution in [0.1, 0.15) is 15.9 Å². The first kappa shape index (κ1) is 17.0. The molecule has 4 N–H and O–H groups in total. The van der Waals surface area contributed by atoms with Crippen molar-refractivity contribution in [1.29, 1.82) is 0 Å². The highest BCUT2D eigenvalue weighted by Gasteiger charge is 2.13. The number of hydrogen-bond acceptors (Lipinski definition) is 6. The van der Waals surface area contributed by atoms with Gasteiger partial charge >= 0.3 is 0 Å². The molecule has 0 aliphatic carbocycles. The van der Waals surface area contributed by atoms with Gasteiger partial charge in [0.2, 0.25) is 5.95 Å². The van der Waals surface area contributed by atoms with Crippen LogP contribution in [0, 0.1) is 6.92 Å². The number of halogens is 1. The van der Waals surface area contributed by atoms with Gasteiger partial charge < -0.3 is 21.3 Å². The van der Waals surface area contributed by atoms with Crippen LogP contribution in [0.2, 0.25) is 0 Å². The minimum absolute atomic E-state index is 0.137. The van der Waals surface area contributed by atoms with Crippen LogP contribution in [0.5, 0.6) is 0 Å². The average molecular weight is 379 g/mol. The van der Waals surface area contributed by atoms with Crippen molar-refractivity contribution in [3.63, 3.8) is 0 Å². The van der Waals surface area contributed by atoms with Crippen LogP contribution in [0.3, 0.4) is 0 Å². The number of nitrogens with one attached hydrogen (secondary N) is 4. The minimum atomic E-state index is -0.137. The number of anilines is 4. The van der Waals surface area contributed by atoms with E-state index in [0.29, 0.717) is 27.6 Å². The molecule has 0 aliphatic rings. The van der Waals surface area contributed by atoms with E-state index in [2.05, 4.69) is 47.2 Å². The zero-order valence-electron chi connectivity index (χ0n) is 13.4. The van der Waals surface area contributed by atoms with Crippen LogP contribution in [-0.2, 0) is 0 Å². The van der Waals surface area contributed by atoms with Crippen molar-refractivity contribution in [3.05, 3.63) is 33.8 Å². The largest absolute Gasteiger partial charge is 0.372 e. The molecule has 0 unspecified atom stereocenters. The number of carbonyl (C=O) groups excluding carboxylic acids is 1. The highest BCUT2D eigenvalue weighted by Crippen LogP contribution is 2.32. The summed E-state index contributed by atoms with van der Waals surface area (Å²) in [5.74, 6) is 1.61. The maximum atomic E-state index is 11.8. The van der Waals surface area contributed by atoms with Crippen molar-refractivity contribution in [3.8, 4) is 0 Å². The van der Waals surface area contributed by atoms with E-state index in [1.807, 2.05) is 13.0 Å². The average Bonchev–Trinajstić information content (AvgIpc) is 2.57. The predicted molar refractivity (Wildman–Crippen MR) is 96.7 cm³/mol. The number of hydrogen-bond donors (Lipinski definition) is 4. The highest BCUT2D eigenvalue weighted by atomic mass is 79.9. The molecule has 0 saturated carbocycles. The lowest BCUT2D eigenvalue weighted by atomic mass is 10.1. The third-order valence-corrected chi connectivity index (χ3v) is 4.04. The van der Waals surface area contributed by atoms with Crippen molar-refractivity contribution in [2.45, 2.75) is 6.92 Å². The van der Waals surface area contributed by atoms with E-state index in [1.54, 1.807) is 33.3 Å². The normalized spacial score (nSPS) is 10.1. The lowest BCUT2D eigenvalue weighted by Crippen LogP contribution is -2.18. The standard InChI is InChI=1S/C15H19BrN6O/c1-8-5-6-9(14(23)18-3)7-10(8)20-13-11(16)12(17-2)21-15(19-4)22-13/h5-7H,1-4H3,(H,18,23)(H3,17,19,20,21,22). The summed E-state index contributed by atoms with van der Waals surface area (Å²) in [5.41, 5.74) is 2.38. The minimum Gasteiger partial charge on any atom is -0.372 e. The number of aromatic nitrogens is 2. The van der Waals surface area contributed by atoms with Crippen LogP contribution < -0.4 is 21.3 Å². The van der Waals surface area contributed by atoms with Crippen LogP contribution in [0.4, 0.5) is 23.3 Å². The van der Waals surface area contributed by atoms with Crippen LogP contribution >= 0.6 is 15.9 Å². The van der Waals surface area contributed by atoms with Gasteiger partial charge in [0.25, 0.3) is 5.91 Å². The van der Waals surface area contributed by atoms with Crippen LogP contribution in [-0.4, -0.2) is 37.0 Å². The SMILES string of the molecule is CNC(=O)c1ccc(C)c(Nc2nc(NC)nc(NC)c2Br)c1. The zero-order valence-corrected chi connectivity index (χ0v) is 15.0. The Kier molecular flexibility index (Phi) is 5.38. The molecular formula is C15H19BrN6O. The third kappa shape index (κ3) is 3.70. The van der Waals surface area contributed by atoms with Gasteiger partial charge in [-0.15, -0.1) is 0 Å². The number of carbonyl (C=O) groups is 1. The molecule has 0 radical (unpaired) electrons. The monoisotopic (exact) mass is 378 g/mol. The molecule has 8 heteroatoms. The second-order valence-corrected chi connectivity index (χ2v) is 5.59. The van der Waals surface area contributed by atoms with Gasteiger partial charge in [-0.1, -0.05) is 6.07 Å². The molecule has 0 spiro atoms. The van der Waals surface area contributed by atoms with Crippen molar-refractivity contribution in [2.75, 3.05) is 37.1 Å². The topological polar surface area (TPSA) is 91.0 Å². The fourth-order valence-corrected chi connectivity index (χ4v) is 2.45. The van der Waals surface area contributed by atoms with Crippen molar-refractivity contribution in [2.24, 2.45) is 0 Å². The van der Waals surface area contributed by atoms with E-state index in [-0.39, 0.29) is 5.91 Å². The molecule has 23 heavy (non-hydrogen) atoms. The first-order valence-corrected chi connectivity index (χ1v) is 7.82. The molecule has 0 saturated heterocycles. The molecule has 2 rings (SSSR count). The quantitative estimate of drug-likeness (QED) is 0.639. The molecule has 2 aromatic rings. The Bertz CT molecular complexity index is 734. The van der Waals surface area contributed by atoms with Gasteiger partial charge in [0.05, 0.1) is 0 Å². The molecule has 122 valence electrons. The Morgan fingerprint density at radius 3 is 2.39 bits per heavy atom. The van der Waals surface area contributed by atoms with Gasteiger partial charge in [0.1, 0.15) is 10.3 Å². The first-order valence-electron chi connectivity index (χ1n) is 7.03. The molecule has 0 fully saturated rings. The van der Waals surface area contributed by atoms with Crippen LogP contribution in [0.25, 0.3) is 0 Å². The van der Waals surface area contributed by atoms with E-state index < -0.39 is 0 Å². The fourth-order valence-electron chi connectivity index (χ4n) is 1.98. The summed E-state index contributed by atoms with van der Waals surface area (Å²) < 4.78 is 0.712. The van der Waals surface area contributed by atoms with Gasteiger partial charge in [0.15, 0.2) is 5.82 Å². The van der Waals surface area contributed by atoms with E-state index in [4.69, 9.17) is 0 Å². The van der Waals surface area contributed by atoms with Gasteiger partial charge in [-0.25, -0.2) is 0 Å². The summed E-state index contributed by atoms with van der Waals surface area (Å²) in [6, 6.07) is 5.47. The second kappa shape index (κ2) is 7.28. The Morgan fingerprint density at radius 1 is 1.09 bits per heavy atom. The summed E-state index contributed by atoms with van der Waals surface area (Å²) in [4.78, 5) is 20.5. The molecule has 7 nitrogen and oxygen atoms in total. The smallest absolute Gasteiger partial charge is 0.251 e. The van der Waals surface area contributed by atoms with E-state index >= 15 is 0 Å². The molecule has 1 heterocycles. The highest BCUT2D eigenvalue weighted by molar-refractivity contribution is 9.10. The number of benzene rings is 1. The number of aryl methyl sites for hydroxylation is 1. The molecule has 0 atom stereocenters. The number of amides is 1. The number of rotatable bonds is 5. The van der Waals surface area contributed by atoms with E-state index in [0.717, 1.165) is 11.3 Å². The van der Waals surface area contributed by atoms with Crippen molar-refractivity contribution < 1.29 is 4.79 Å².